The first-order valence-corrected chi connectivity index (χ1v) is 12.4. The van der Waals surface area contributed by atoms with Gasteiger partial charge < -0.3 is 10.4 Å². The van der Waals surface area contributed by atoms with Crippen LogP contribution in [0.4, 0.5) is 10.1 Å². The van der Waals surface area contributed by atoms with Gasteiger partial charge in [-0.05, 0) is 83.1 Å². The fourth-order valence-electron chi connectivity index (χ4n) is 5.49. The first-order valence-electron chi connectivity index (χ1n) is 12.4. The maximum Gasteiger partial charge on any atom is 0.275 e. The van der Waals surface area contributed by atoms with E-state index in [2.05, 4.69) is 34.1 Å². The molecule has 0 unspecified atom stereocenters. The van der Waals surface area contributed by atoms with Crippen LogP contribution in [-0.2, 0) is 0 Å². The number of phenols is 1. The highest BCUT2D eigenvalue weighted by Crippen LogP contribution is 2.50. The van der Waals surface area contributed by atoms with Crippen molar-refractivity contribution in [2.24, 2.45) is 11.0 Å². The third-order valence-electron chi connectivity index (χ3n) is 7.44. The minimum absolute atomic E-state index is 0.0846. The van der Waals surface area contributed by atoms with E-state index >= 15 is 0 Å². The number of amides is 1. The highest BCUT2D eigenvalue weighted by molar-refractivity contribution is 6.04. The quantitative estimate of drug-likeness (QED) is 0.170. The first-order chi connectivity index (χ1) is 18.0. The van der Waals surface area contributed by atoms with Crippen molar-refractivity contribution in [1.29, 1.82) is 0 Å². The molecule has 1 amide bonds. The smallest absolute Gasteiger partial charge is 0.275 e. The Bertz CT molecular complexity index is 1580. The molecule has 0 saturated carbocycles. The summed E-state index contributed by atoms with van der Waals surface area (Å²) in [6, 6.07) is 23.8. The van der Waals surface area contributed by atoms with E-state index in [4.69, 9.17) is 0 Å². The minimum atomic E-state index is -0.469. The molecule has 184 valence electrons. The lowest BCUT2D eigenvalue weighted by Crippen LogP contribution is -2.29. The zero-order valence-electron chi connectivity index (χ0n) is 20.3. The second kappa shape index (κ2) is 9.21. The van der Waals surface area contributed by atoms with Crippen LogP contribution in [0.15, 0.2) is 96.1 Å². The molecule has 3 N–H and O–H groups in total. The maximum absolute atomic E-state index is 13.5. The lowest BCUT2D eigenvalue weighted by atomic mass is 9.76. The number of hydrogen-bond acceptors (Lipinski definition) is 4. The number of nitrogens with zero attached hydrogens (tertiary/aromatic N) is 1. The van der Waals surface area contributed by atoms with Crippen LogP contribution in [0.3, 0.4) is 0 Å². The van der Waals surface area contributed by atoms with E-state index in [9.17, 15) is 14.3 Å². The molecule has 0 aromatic heterocycles. The van der Waals surface area contributed by atoms with Crippen LogP contribution in [0, 0.1) is 11.7 Å². The molecule has 37 heavy (non-hydrogen) atoms. The van der Waals surface area contributed by atoms with Gasteiger partial charge in [0.25, 0.3) is 5.91 Å². The van der Waals surface area contributed by atoms with Gasteiger partial charge in [0.15, 0.2) is 0 Å². The number of fused-ring (bicyclic) bond motifs is 4. The molecular weight excluding hydrogens is 465 g/mol. The van der Waals surface area contributed by atoms with Crippen LogP contribution in [0.5, 0.6) is 5.75 Å². The number of anilines is 1. The zero-order chi connectivity index (χ0) is 25.5. The van der Waals surface area contributed by atoms with Gasteiger partial charge in [-0.25, -0.2) is 9.82 Å². The first kappa shape index (κ1) is 23.0. The van der Waals surface area contributed by atoms with Gasteiger partial charge in [0, 0.05) is 11.6 Å². The molecular formula is C31H26FN3O2. The topological polar surface area (TPSA) is 73.7 Å². The summed E-state index contributed by atoms with van der Waals surface area (Å²) in [6.07, 6.45) is 5.41. The summed E-state index contributed by atoms with van der Waals surface area (Å²) in [5, 5.41) is 20.1. The number of rotatable bonds is 4. The Labute approximate surface area is 214 Å². The molecule has 0 radical (unpaired) electrons. The van der Waals surface area contributed by atoms with E-state index < -0.39 is 5.91 Å². The number of hydrazone groups is 1. The van der Waals surface area contributed by atoms with Crippen LogP contribution >= 0.6 is 0 Å². The molecule has 0 spiro atoms. The molecule has 6 rings (SSSR count). The molecule has 0 fully saturated rings. The molecule has 6 heteroatoms. The van der Waals surface area contributed by atoms with Crippen molar-refractivity contribution in [3.63, 3.8) is 0 Å². The highest BCUT2D eigenvalue weighted by atomic mass is 19.1. The Morgan fingerprint density at radius 2 is 1.78 bits per heavy atom. The van der Waals surface area contributed by atoms with Crippen molar-refractivity contribution in [2.75, 3.05) is 5.32 Å². The number of carbonyl (C=O) groups excluding carboxylic acids is 1. The van der Waals surface area contributed by atoms with Gasteiger partial charge in [-0.15, -0.1) is 0 Å². The fourth-order valence-corrected chi connectivity index (χ4v) is 5.49. The van der Waals surface area contributed by atoms with E-state index in [1.807, 2.05) is 55.5 Å². The molecule has 2 aliphatic rings. The van der Waals surface area contributed by atoms with Crippen LogP contribution in [0.1, 0.15) is 52.4 Å². The van der Waals surface area contributed by atoms with Gasteiger partial charge in [-0.3, -0.25) is 4.79 Å². The van der Waals surface area contributed by atoms with E-state index in [1.54, 1.807) is 12.1 Å². The molecule has 3 atom stereocenters. The molecule has 1 heterocycles. The van der Waals surface area contributed by atoms with Gasteiger partial charge in [0.05, 0.1) is 17.3 Å². The average Bonchev–Trinajstić information content (AvgIpc) is 3.41. The third-order valence-corrected chi connectivity index (χ3v) is 7.44. The van der Waals surface area contributed by atoms with Crippen molar-refractivity contribution in [1.82, 2.24) is 5.43 Å². The van der Waals surface area contributed by atoms with Crippen molar-refractivity contribution in [2.45, 2.75) is 25.3 Å². The number of benzene rings is 4. The second-order valence-corrected chi connectivity index (χ2v) is 9.68. The summed E-state index contributed by atoms with van der Waals surface area (Å²) in [5.74, 6) is -0.213. The maximum atomic E-state index is 13.5. The molecule has 1 aliphatic heterocycles. The van der Waals surface area contributed by atoms with Crippen molar-refractivity contribution in [3.05, 3.63) is 119 Å². The van der Waals surface area contributed by atoms with E-state index in [0.717, 1.165) is 34.0 Å². The molecule has 0 bridgehead atoms. The molecule has 4 aromatic carbocycles. The van der Waals surface area contributed by atoms with Crippen LogP contribution in [-0.4, -0.2) is 16.7 Å². The van der Waals surface area contributed by atoms with Crippen molar-refractivity contribution < 1.29 is 14.3 Å². The van der Waals surface area contributed by atoms with Gasteiger partial charge in [-0.1, -0.05) is 54.6 Å². The Morgan fingerprint density at radius 3 is 2.57 bits per heavy atom. The van der Waals surface area contributed by atoms with Crippen LogP contribution < -0.4 is 10.7 Å². The summed E-state index contributed by atoms with van der Waals surface area (Å²) in [4.78, 5) is 12.8. The lowest BCUT2D eigenvalue weighted by molar-refractivity contribution is 0.0952. The summed E-state index contributed by atoms with van der Waals surface area (Å²) in [5.41, 5.74) is 7.64. The van der Waals surface area contributed by atoms with Gasteiger partial charge in [0.2, 0.25) is 0 Å². The molecule has 0 saturated heterocycles. The molecule has 4 aromatic rings. The normalized spacial score (nSPS) is 20.3. The van der Waals surface area contributed by atoms with Crippen molar-refractivity contribution in [3.8, 4) is 5.75 Å². The number of allylic oxidation sites excluding steroid dienone is 2. The number of hydrogen-bond donors (Lipinski definition) is 3. The van der Waals surface area contributed by atoms with E-state index in [-0.39, 0.29) is 29.1 Å². The second-order valence-electron chi connectivity index (χ2n) is 9.68. The highest BCUT2D eigenvalue weighted by Gasteiger charge is 2.38. The van der Waals surface area contributed by atoms with Crippen molar-refractivity contribution >= 4 is 28.1 Å². The minimum Gasteiger partial charge on any atom is -0.507 e. The Hall–Kier alpha value is -4.45. The SMILES string of the molecule is C/C(=N/NC(=O)c1cc2ccccc2cc1O)c1ccc2c(c1)[C@@H]1C=CC[C@@H]1[C@H](c1ccc(F)cc1)N2. The lowest BCUT2D eigenvalue weighted by Gasteiger charge is -2.37. The average molecular weight is 492 g/mol. The Kier molecular flexibility index (Phi) is 5.72. The molecule has 1 aliphatic carbocycles. The summed E-state index contributed by atoms with van der Waals surface area (Å²) in [7, 11) is 0. The monoisotopic (exact) mass is 491 g/mol. The van der Waals surface area contributed by atoms with E-state index in [1.165, 1.54) is 17.7 Å². The largest absolute Gasteiger partial charge is 0.507 e. The Morgan fingerprint density at radius 1 is 1.03 bits per heavy atom. The van der Waals surface area contributed by atoms with Gasteiger partial charge in [0.1, 0.15) is 11.6 Å². The van der Waals surface area contributed by atoms with Gasteiger partial charge in [-0.2, -0.15) is 5.10 Å². The predicted molar refractivity (Wildman–Crippen MR) is 144 cm³/mol. The van der Waals surface area contributed by atoms with Crippen LogP contribution in [0.25, 0.3) is 10.8 Å². The third kappa shape index (κ3) is 4.25. The zero-order valence-corrected chi connectivity index (χ0v) is 20.3. The standard InChI is InChI=1S/C31H26FN3O2/c1-18(34-35-31(37)27-16-21-5-2-3-6-22(21)17-29(27)36)20-11-14-28-26(15-20)24-7-4-8-25(24)30(33-28)19-9-12-23(32)13-10-19/h2-7,9-17,24-25,30,33,36H,8H2,1H3,(H,35,37)/b34-18-/t24-,25+,30+/m1/s1. The number of phenolic OH excluding ortho intramolecular Hbond substituents is 1. The number of carbonyl (C=O) groups is 1. The number of nitrogens with one attached hydrogen (secondary N) is 2. The number of aromatic hydroxyl groups is 1. The number of halogens is 1. The Balaban J connectivity index is 1.24. The summed E-state index contributed by atoms with van der Waals surface area (Å²) >= 11 is 0. The summed E-state index contributed by atoms with van der Waals surface area (Å²) < 4.78 is 13.5. The molecule has 5 nitrogen and oxygen atoms in total. The fraction of sp³-hybridized carbons (Fsp3) is 0.161. The summed E-state index contributed by atoms with van der Waals surface area (Å²) in [6.45, 7) is 1.85. The van der Waals surface area contributed by atoms with E-state index in [0.29, 0.717) is 11.6 Å². The van der Waals surface area contributed by atoms with Crippen LogP contribution in [0.2, 0.25) is 0 Å². The predicted octanol–water partition coefficient (Wildman–Crippen LogP) is 6.67. The van der Waals surface area contributed by atoms with Gasteiger partial charge >= 0.3 is 0 Å².